The summed E-state index contributed by atoms with van der Waals surface area (Å²) in [5.74, 6) is -0.0328. The fourth-order valence-electron chi connectivity index (χ4n) is 3.15. The van der Waals surface area contributed by atoms with Gasteiger partial charge in [-0.2, -0.15) is 0 Å². The van der Waals surface area contributed by atoms with Crippen LogP contribution in [-0.2, 0) is 22.4 Å². The van der Waals surface area contributed by atoms with Crippen molar-refractivity contribution in [1.29, 1.82) is 0 Å². The van der Waals surface area contributed by atoms with Crippen molar-refractivity contribution in [3.05, 3.63) is 29.3 Å². The highest BCUT2D eigenvalue weighted by Gasteiger charge is 2.36. The van der Waals surface area contributed by atoms with E-state index in [0.717, 1.165) is 18.5 Å². The molecule has 0 radical (unpaired) electrons. The number of benzene rings is 1. The first-order valence-corrected chi connectivity index (χ1v) is 7.77. The predicted octanol–water partition coefficient (Wildman–Crippen LogP) is 2.42. The summed E-state index contributed by atoms with van der Waals surface area (Å²) in [6.45, 7) is 6.12. The summed E-state index contributed by atoms with van der Waals surface area (Å²) in [4.78, 5) is 26.5. The number of alkyl carbamates (subject to hydrolysis) is 1. The van der Waals surface area contributed by atoms with Gasteiger partial charge in [-0.1, -0.05) is 18.2 Å². The SMILES string of the molecule is CC(C)(C)OC(=O)N[C@H]1CCc2cccc3c2N(CC3)C1=O. The second-order valence-electron chi connectivity index (χ2n) is 6.90. The standard InChI is InChI=1S/C17H22N2O3/c1-17(2,3)22-16(21)18-13-8-7-11-5-4-6-12-9-10-19(14(11)12)15(13)20/h4-6,13H,7-10H2,1-3H3,(H,18,21)/t13-/m0/s1. The molecule has 1 aromatic carbocycles. The molecule has 1 N–H and O–H groups in total. The van der Waals surface area contributed by atoms with Gasteiger partial charge in [-0.05, 0) is 51.2 Å². The molecule has 2 heterocycles. The van der Waals surface area contributed by atoms with Crippen LogP contribution in [0.25, 0.3) is 0 Å². The van der Waals surface area contributed by atoms with E-state index in [9.17, 15) is 9.59 Å². The summed E-state index contributed by atoms with van der Waals surface area (Å²) < 4.78 is 5.27. The normalized spacial score (nSPS) is 20.4. The molecule has 0 aromatic heterocycles. The highest BCUT2D eigenvalue weighted by Crippen LogP contribution is 2.35. The number of amides is 2. The lowest BCUT2D eigenvalue weighted by Crippen LogP contribution is -2.48. The Labute approximate surface area is 130 Å². The predicted molar refractivity (Wildman–Crippen MR) is 84.0 cm³/mol. The van der Waals surface area contributed by atoms with E-state index in [2.05, 4.69) is 17.4 Å². The average Bonchev–Trinajstić information content (AvgIpc) is 2.79. The topological polar surface area (TPSA) is 58.6 Å². The van der Waals surface area contributed by atoms with E-state index in [1.165, 1.54) is 11.1 Å². The smallest absolute Gasteiger partial charge is 0.408 e. The van der Waals surface area contributed by atoms with Gasteiger partial charge in [-0.3, -0.25) is 4.79 Å². The number of nitrogens with zero attached hydrogens (tertiary/aromatic N) is 1. The van der Waals surface area contributed by atoms with Crippen LogP contribution in [0.3, 0.4) is 0 Å². The second-order valence-corrected chi connectivity index (χ2v) is 6.90. The van der Waals surface area contributed by atoms with Crippen LogP contribution >= 0.6 is 0 Å². The maximum Gasteiger partial charge on any atom is 0.408 e. The van der Waals surface area contributed by atoms with E-state index >= 15 is 0 Å². The molecule has 5 nitrogen and oxygen atoms in total. The minimum Gasteiger partial charge on any atom is -0.444 e. The summed E-state index contributed by atoms with van der Waals surface area (Å²) in [5, 5.41) is 2.74. The Hall–Kier alpha value is -2.04. The van der Waals surface area contributed by atoms with Crippen molar-refractivity contribution in [1.82, 2.24) is 5.32 Å². The largest absolute Gasteiger partial charge is 0.444 e. The van der Waals surface area contributed by atoms with Gasteiger partial charge in [0.05, 0.1) is 5.69 Å². The van der Waals surface area contributed by atoms with Gasteiger partial charge in [0.1, 0.15) is 11.6 Å². The van der Waals surface area contributed by atoms with Crippen molar-refractivity contribution in [3.63, 3.8) is 0 Å². The van der Waals surface area contributed by atoms with E-state index in [1.807, 2.05) is 31.7 Å². The molecular formula is C17H22N2O3. The first-order valence-electron chi connectivity index (χ1n) is 7.77. The summed E-state index contributed by atoms with van der Waals surface area (Å²) in [6.07, 6.45) is 1.74. The highest BCUT2D eigenvalue weighted by molar-refractivity contribution is 6.01. The molecular weight excluding hydrogens is 280 g/mol. The molecule has 0 aliphatic carbocycles. The van der Waals surface area contributed by atoms with Crippen LogP contribution in [0, 0.1) is 0 Å². The Kier molecular flexibility index (Phi) is 3.59. The van der Waals surface area contributed by atoms with Crippen molar-refractivity contribution >= 4 is 17.7 Å². The Bertz CT molecular complexity index is 619. The van der Waals surface area contributed by atoms with Crippen LogP contribution in [0.4, 0.5) is 10.5 Å². The molecule has 3 rings (SSSR count). The number of anilines is 1. The van der Waals surface area contributed by atoms with Gasteiger partial charge in [0.25, 0.3) is 0 Å². The van der Waals surface area contributed by atoms with E-state index in [1.54, 1.807) is 0 Å². The van der Waals surface area contributed by atoms with Crippen LogP contribution in [0.1, 0.15) is 38.3 Å². The molecule has 22 heavy (non-hydrogen) atoms. The zero-order valence-electron chi connectivity index (χ0n) is 13.3. The second kappa shape index (κ2) is 5.30. The van der Waals surface area contributed by atoms with Crippen LogP contribution in [0.15, 0.2) is 18.2 Å². The Morgan fingerprint density at radius 2 is 1.95 bits per heavy atom. The molecule has 0 fully saturated rings. The maximum absolute atomic E-state index is 12.7. The van der Waals surface area contributed by atoms with Crippen molar-refractivity contribution in [3.8, 4) is 0 Å². The van der Waals surface area contributed by atoms with Crippen LogP contribution in [0.2, 0.25) is 0 Å². The van der Waals surface area contributed by atoms with Crippen LogP contribution < -0.4 is 10.2 Å². The first kappa shape index (κ1) is 14.9. The molecule has 1 aromatic rings. The number of hydrogen-bond acceptors (Lipinski definition) is 3. The number of carbonyl (C=O) groups is 2. The van der Waals surface area contributed by atoms with Crippen LogP contribution in [0.5, 0.6) is 0 Å². The number of para-hydroxylation sites is 1. The third-order valence-electron chi connectivity index (χ3n) is 4.04. The molecule has 1 atom stereocenters. The van der Waals surface area contributed by atoms with Gasteiger partial charge in [0.15, 0.2) is 0 Å². The molecule has 2 amide bonds. The third-order valence-corrected chi connectivity index (χ3v) is 4.04. The molecule has 0 bridgehead atoms. The number of rotatable bonds is 1. The van der Waals surface area contributed by atoms with Gasteiger partial charge in [0, 0.05) is 6.54 Å². The lowest BCUT2D eigenvalue weighted by Gasteiger charge is -2.24. The Balaban J connectivity index is 1.78. The Morgan fingerprint density at radius 3 is 2.64 bits per heavy atom. The maximum atomic E-state index is 12.7. The molecule has 2 aliphatic heterocycles. The lowest BCUT2D eigenvalue weighted by molar-refractivity contribution is -0.120. The number of nitrogens with one attached hydrogen (secondary N) is 1. The molecule has 118 valence electrons. The molecule has 0 spiro atoms. The van der Waals surface area contributed by atoms with Gasteiger partial charge in [-0.25, -0.2) is 4.79 Å². The Morgan fingerprint density at radius 1 is 1.27 bits per heavy atom. The van der Waals surface area contributed by atoms with E-state index in [4.69, 9.17) is 4.74 Å². The van der Waals surface area contributed by atoms with Crippen molar-refractivity contribution in [2.45, 2.75) is 51.7 Å². The zero-order chi connectivity index (χ0) is 15.9. The fourth-order valence-corrected chi connectivity index (χ4v) is 3.15. The van der Waals surface area contributed by atoms with Crippen molar-refractivity contribution < 1.29 is 14.3 Å². The number of aryl methyl sites for hydroxylation is 1. The third kappa shape index (κ3) is 2.80. The average molecular weight is 302 g/mol. The van der Waals surface area contributed by atoms with Crippen LogP contribution in [-0.4, -0.2) is 30.2 Å². The van der Waals surface area contributed by atoms with Crippen molar-refractivity contribution in [2.75, 3.05) is 11.4 Å². The summed E-state index contributed by atoms with van der Waals surface area (Å²) >= 11 is 0. The highest BCUT2D eigenvalue weighted by atomic mass is 16.6. The first-order chi connectivity index (χ1) is 10.3. The lowest BCUT2D eigenvalue weighted by atomic mass is 10.0. The number of ether oxygens (including phenoxy) is 1. The van der Waals surface area contributed by atoms with E-state index < -0.39 is 17.7 Å². The minimum atomic E-state index is -0.568. The summed E-state index contributed by atoms with van der Waals surface area (Å²) in [5.41, 5.74) is 2.91. The van der Waals surface area contributed by atoms with Gasteiger partial charge >= 0.3 is 6.09 Å². The van der Waals surface area contributed by atoms with Crippen molar-refractivity contribution in [2.24, 2.45) is 0 Å². The monoisotopic (exact) mass is 302 g/mol. The molecule has 0 saturated carbocycles. The number of hydrogen-bond donors (Lipinski definition) is 1. The molecule has 5 heteroatoms. The minimum absolute atomic E-state index is 0.0328. The fraction of sp³-hybridized carbons (Fsp3) is 0.529. The zero-order valence-corrected chi connectivity index (χ0v) is 13.3. The molecule has 0 unspecified atom stereocenters. The number of carbonyl (C=O) groups excluding carboxylic acids is 2. The van der Waals surface area contributed by atoms with Gasteiger partial charge < -0.3 is 15.0 Å². The molecule has 2 aliphatic rings. The van der Waals surface area contributed by atoms with E-state index in [0.29, 0.717) is 13.0 Å². The quantitative estimate of drug-likeness (QED) is 0.866. The van der Waals surface area contributed by atoms with Gasteiger partial charge in [0.2, 0.25) is 5.91 Å². The van der Waals surface area contributed by atoms with E-state index in [-0.39, 0.29) is 5.91 Å². The summed E-state index contributed by atoms with van der Waals surface area (Å²) in [6, 6.07) is 5.67. The molecule has 0 saturated heterocycles. The van der Waals surface area contributed by atoms with Gasteiger partial charge in [-0.15, -0.1) is 0 Å². The summed E-state index contributed by atoms with van der Waals surface area (Å²) in [7, 11) is 0.